The Morgan fingerprint density at radius 2 is 2.07 bits per heavy atom. The van der Waals surface area contributed by atoms with Crippen LogP contribution in [0.3, 0.4) is 0 Å². The minimum atomic E-state index is -0.406. The first-order valence-electron chi connectivity index (χ1n) is 10.1. The number of benzene rings is 1. The summed E-state index contributed by atoms with van der Waals surface area (Å²) < 4.78 is 1.82. The molecule has 1 unspecified atom stereocenters. The van der Waals surface area contributed by atoms with Crippen molar-refractivity contribution < 1.29 is 4.92 Å². The van der Waals surface area contributed by atoms with Gasteiger partial charge in [0.1, 0.15) is 5.82 Å². The molecule has 3 aromatic rings. The number of nitrogens with zero attached hydrogens (tertiary/aromatic N) is 6. The first kappa shape index (κ1) is 19.8. The highest BCUT2D eigenvalue weighted by Gasteiger charge is 2.22. The molecule has 3 heterocycles. The van der Waals surface area contributed by atoms with E-state index in [1.165, 1.54) is 12.1 Å². The molecule has 0 saturated carbocycles. The van der Waals surface area contributed by atoms with Gasteiger partial charge in [0.25, 0.3) is 5.69 Å². The number of rotatable bonds is 6. The first-order valence-corrected chi connectivity index (χ1v) is 10.1. The molecular formula is C21H25N7O2. The van der Waals surface area contributed by atoms with Gasteiger partial charge in [-0.2, -0.15) is 5.10 Å². The van der Waals surface area contributed by atoms with Crippen molar-refractivity contribution in [3.63, 3.8) is 0 Å². The lowest BCUT2D eigenvalue weighted by molar-refractivity contribution is -0.384. The van der Waals surface area contributed by atoms with Crippen LogP contribution in [0.25, 0.3) is 11.4 Å². The Morgan fingerprint density at radius 3 is 2.73 bits per heavy atom. The molecule has 0 aliphatic carbocycles. The fraction of sp³-hybridized carbons (Fsp3) is 0.381. The number of nitrogens with one attached hydrogen (secondary N) is 1. The minimum absolute atomic E-state index is 0.0569. The van der Waals surface area contributed by atoms with Gasteiger partial charge in [0, 0.05) is 61.8 Å². The van der Waals surface area contributed by atoms with Crippen molar-refractivity contribution in [3.8, 4) is 11.4 Å². The van der Waals surface area contributed by atoms with E-state index in [9.17, 15) is 10.1 Å². The molecule has 9 heteroatoms. The minimum Gasteiger partial charge on any atom is -0.367 e. The molecule has 9 nitrogen and oxygen atoms in total. The Labute approximate surface area is 174 Å². The van der Waals surface area contributed by atoms with Crippen molar-refractivity contribution in [3.05, 3.63) is 58.5 Å². The second kappa shape index (κ2) is 8.48. The van der Waals surface area contributed by atoms with E-state index < -0.39 is 4.92 Å². The smallest absolute Gasteiger partial charge is 0.269 e. The van der Waals surface area contributed by atoms with Crippen LogP contribution in [0.1, 0.15) is 25.5 Å². The first-order chi connectivity index (χ1) is 14.5. The van der Waals surface area contributed by atoms with Crippen molar-refractivity contribution in [2.45, 2.75) is 32.2 Å². The molecule has 1 atom stereocenters. The molecule has 1 aliphatic heterocycles. The van der Waals surface area contributed by atoms with Gasteiger partial charge in [-0.3, -0.25) is 14.8 Å². The van der Waals surface area contributed by atoms with Gasteiger partial charge in [0.2, 0.25) is 0 Å². The average Bonchev–Trinajstić information content (AvgIpc) is 3.20. The van der Waals surface area contributed by atoms with Crippen LogP contribution in [-0.4, -0.2) is 43.8 Å². The van der Waals surface area contributed by atoms with Crippen LogP contribution in [0, 0.1) is 10.1 Å². The van der Waals surface area contributed by atoms with E-state index >= 15 is 0 Å². The number of nitro benzene ring substituents is 1. The van der Waals surface area contributed by atoms with Crippen molar-refractivity contribution in [1.29, 1.82) is 0 Å². The maximum atomic E-state index is 10.9. The highest BCUT2D eigenvalue weighted by Crippen LogP contribution is 2.24. The van der Waals surface area contributed by atoms with Crippen LogP contribution in [0.5, 0.6) is 0 Å². The number of aryl methyl sites for hydroxylation is 2. The van der Waals surface area contributed by atoms with Crippen LogP contribution >= 0.6 is 0 Å². The average molecular weight is 407 g/mol. The Kier molecular flexibility index (Phi) is 5.60. The van der Waals surface area contributed by atoms with Crippen molar-refractivity contribution >= 4 is 17.2 Å². The van der Waals surface area contributed by atoms with Crippen LogP contribution in [0.15, 0.2) is 42.7 Å². The molecule has 30 heavy (non-hydrogen) atoms. The number of non-ortho nitro benzene ring substituents is 1. The maximum absolute atomic E-state index is 10.9. The molecule has 1 aliphatic rings. The van der Waals surface area contributed by atoms with Gasteiger partial charge < -0.3 is 10.2 Å². The molecule has 156 valence electrons. The Hall–Kier alpha value is -3.49. The normalized spacial score (nSPS) is 16.5. The third-order valence-corrected chi connectivity index (χ3v) is 5.31. The van der Waals surface area contributed by atoms with Crippen LogP contribution < -0.4 is 10.2 Å². The quantitative estimate of drug-likeness (QED) is 0.493. The molecule has 0 radical (unpaired) electrons. The van der Waals surface area contributed by atoms with Gasteiger partial charge in [-0.05, 0) is 31.4 Å². The number of nitro groups is 1. The molecule has 1 aromatic carbocycles. The van der Waals surface area contributed by atoms with E-state index in [0.29, 0.717) is 5.82 Å². The predicted octanol–water partition coefficient (Wildman–Crippen LogP) is 3.43. The SMILES string of the molecule is CCc1cc(NC2CCCN(c3cnn(C)c3)C2)nc(-c2ccc([N+](=O)[O-])cc2)n1. The maximum Gasteiger partial charge on any atom is 0.269 e. The summed E-state index contributed by atoms with van der Waals surface area (Å²) >= 11 is 0. The number of anilines is 2. The molecule has 0 amide bonds. The Balaban J connectivity index is 1.53. The number of piperidine rings is 1. The third kappa shape index (κ3) is 4.40. The van der Waals surface area contributed by atoms with Crippen molar-refractivity contribution in [1.82, 2.24) is 19.7 Å². The summed E-state index contributed by atoms with van der Waals surface area (Å²) in [6.45, 7) is 3.95. The van der Waals surface area contributed by atoms with E-state index in [-0.39, 0.29) is 11.7 Å². The summed E-state index contributed by atoms with van der Waals surface area (Å²) in [5, 5.41) is 18.8. The molecule has 2 aromatic heterocycles. The van der Waals surface area contributed by atoms with Gasteiger partial charge >= 0.3 is 0 Å². The van der Waals surface area contributed by atoms with E-state index in [1.54, 1.807) is 12.1 Å². The topological polar surface area (TPSA) is 102 Å². The van der Waals surface area contributed by atoms with E-state index in [4.69, 9.17) is 4.98 Å². The zero-order valence-electron chi connectivity index (χ0n) is 17.2. The summed E-state index contributed by atoms with van der Waals surface area (Å²) in [4.78, 5) is 22.2. The molecule has 1 saturated heterocycles. The van der Waals surface area contributed by atoms with Gasteiger partial charge in [-0.25, -0.2) is 9.97 Å². The van der Waals surface area contributed by atoms with Gasteiger partial charge in [-0.1, -0.05) is 6.92 Å². The fourth-order valence-corrected chi connectivity index (χ4v) is 3.72. The highest BCUT2D eigenvalue weighted by molar-refractivity contribution is 5.59. The van der Waals surface area contributed by atoms with Gasteiger partial charge in [0.15, 0.2) is 5.82 Å². The van der Waals surface area contributed by atoms with Crippen LogP contribution in [0.2, 0.25) is 0 Å². The lowest BCUT2D eigenvalue weighted by Gasteiger charge is -2.34. The third-order valence-electron chi connectivity index (χ3n) is 5.31. The predicted molar refractivity (Wildman–Crippen MR) is 116 cm³/mol. The van der Waals surface area contributed by atoms with Crippen LogP contribution in [-0.2, 0) is 13.5 Å². The lowest BCUT2D eigenvalue weighted by Crippen LogP contribution is -2.42. The van der Waals surface area contributed by atoms with Crippen molar-refractivity contribution in [2.24, 2.45) is 7.05 Å². The molecule has 0 bridgehead atoms. The summed E-state index contributed by atoms with van der Waals surface area (Å²) in [5.41, 5.74) is 2.88. The summed E-state index contributed by atoms with van der Waals surface area (Å²) in [6, 6.07) is 8.61. The molecule has 4 rings (SSSR count). The number of aromatic nitrogens is 4. The number of hydrogen-bond acceptors (Lipinski definition) is 7. The second-order valence-electron chi connectivity index (χ2n) is 7.53. The van der Waals surface area contributed by atoms with E-state index in [2.05, 4.69) is 27.2 Å². The van der Waals surface area contributed by atoms with Gasteiger partial charge in [-0.15, -0.1) is 0 Å². The van der Waals surface area contributed by atoms with E-state index in [1.807, 2.05) is 30.2 Å². The van der Waals surface area contributed by atoms with Crippen LogP contribution in [0.4, 0.5) is 17.2 Å². The summed E-state index contributed by atoms with van der Waals surface area (Å²) in [7, 11) is 1.93. The van der Waals surface area contributed by atoms with Gasteiger partial charge in [0.05, 0.1) is 16.8 Å². The summed E-state index contributed by atoms with van der Waals surface area (Å²) in [6.07, 6.45) is 6.87. The zero-order chi connectivity index (χ0) is 21.1. The lowest BCUT2D eigenvalue weighted by atomic mass is 10.1. The molecular weight excluding hydrogens is 382 g/mol. The monoisotopic (exact) mass is 407 g/mol. The largest absolute Gasteiger partial charge is 0.367 e. The standard InChI is InChI=1S/C21H25N7O2/c1-3-16-11-20(25-21(24-16)15-6-8-18(9-7-15)28(29)30)23-17-5-4-10-27(13-17)19-12-22-26(2)14-19/h6-9,11-12,14,17H,3-5,10,13H2,1-2H3,(H,23,24,25). The zero-order valence-corrected chi connectivity index (χ0v) is 17.2. The second-order valence-corrected chi connectivity index (χ2v) is 7.53. The molecule has 0 spiro atoms. The Morgan fingerprint density at radius 1 is 1.27 bits per heavy atom. The van der Waals surface area contributed by atoms with Crippen molar-refractivity contribution in [2.75, 3.05) is 23.3 Å². The fourth-order valence-electron chi connectivity index (χ4n) is 3.72. The molecule has 1 N–H and O–H groups in total. The van der Waals surface area contributed by atoms with E-state index in [0.717, 1.165) is 55.1 Å². The molecule has 1 fully saturated rings. The Bertz CT molecular complexity index is 1030. The highest BCUT2D eigenvalue weighted by atomic mass is 16.6. The summed E-state index contributed by atoms with van der Waals surface area (Å²) in [5.74, 6) is 1.36. The number of hydrogen-bond donors (Lipinski definition) is 1.